The van der Waals surface area contributed by atoms with E-state index in [1.165, 1.54) is 17.7 Å². The highest BCUT2D eigenvalue weighted by Crippen LogP contribution is 2.27. The molecule has 0 saturated carbocycles. The Balaban J connectivity index is 1.83. The third-order valence-electron chi connectivity index (χ3n) is 3.42. The summed E-state index contributed by atoms with van der Waals surface area (Å²) in [5.41, 5.74) is 3.63. The molecule has 1 aromatic heterocycles. The molecule has 110 valence electrons. The normalized spacial score (nSPS) is 13.2. The smallest absolute Gasteiger partial charge is 0.218 e. The highest BCUT2D eigenvalue weighted by atomic mass is 16.5. The van der Waals surface area contributed by atoms with Crippen molar-refractivity contribution >= 4 is 17.2 Å². The molecule has 0 atom stereocenters. The average Bonchev–Trinajstić information content (AvgIpc) is 2.47. The maximum Gasteiger partial charge on any atom is 0.218 e. The van der Waals surface area contributed by atoms with Crippen LogP contribution in [-0.4, -0.2) is 23.1 Å². The van der Waals surface area contributed by atoms with E-state index in [1.54, 1.807) is 0 Å². The van der Waals surface area contributed by atoms with Gasteiger partial charge in [-0.15, -0.1) is 0 Å². The van der Waals surface area contributed by atoms with Crippen LogP contribution in [0.3, 0.4) is 0 Å². The largest absolute Gasteiger partial charge is 0.478 e. The maximum absolute atomic E-state index is 5.45. The van der Waals surface area contributed by atoms with Crippen molar-refractivity contribution in [2.75, 3.05) is 23.8 Å². The molecule has 5 heteroatoms. The Bertz CT molecular complexity index is 642. The fourth-order valence-electron chi connectivity index (χ4n) is 2.53. The van der Waals surface area contributed by atoms with Crippen molar-refractivity contribution in [3.05, 3.63) is 35.7 Å². The molecule has 0 unspecified atom stereocenters. The van der Waals surface area contributed by atoms with Crippen LogP contribution in [0.4, 0.5) is 17.2 Å². The molecular formula is C16H20N4O. The summed E-state index contributed by atoms with van der Waals surface area (Å²) in [7, 11) is 0. The van der Waals surface area contributed by atoms with E-state index in [4.69, 9.17) is 4.74 Å². The van der Waals surface area contributed by atoms with Gasteiger partial charge in [-0.05, 0) is 50.5 Å². The second-order valence-corrected chi connectivity index (χ2v) is 5.10. The number of rotatable bonds is 4. The van der Waals surface area contributed by atoms with Crippen LogP contribution < -0.4 is 15.4 Å². The van der Waals surface area contributed by atoms with Gasteiger partial charge in [0.1, 0.15) is 11.6 Å². The van der Waals surface area contributed by atoms with E-state index in [2.05, 4.69) is 38.8 Å². The molecule has 21 heavy (non-hydrogen) atoms. The molecule has 0 bridgehead atoms. The van der Waals surface area contributed by atoms with Crippen LogP contribution in [0.15, 0.2) is 24.3 Å². The second-order valence-electron chi connectivity index (χ2n) is 5.10. The summed E-state index contributed by atoms with van der Waals surface area (Å²) in [4.78, 5) is 8.66. The average molecular weight is 284 g/mol. The minimum absolute atomic E-state index is 0.598. The van der Waals surface area contributed by atoms with Crippen LogP contribution in [0.25, 0.3) is 0 Å². The maximum atomic E-state index is 5.45. The first kappa shape index (κ1) is 13.7. The molecule has 1 aliphatic rings. The SMILES string of the molecule is CCOc1cc(Nc2ccc3c(c2)CCCN3)nc(C)n1. The summed E-state index contributed by atoms with van der Waals surface area (Å²) in [6, 6.07) is 8.19. The van der Waals surface area contributed by atoms with Crippen molar-refractivity contribution in [1.82, 2.24) is 9.97 Å². The lowest BCUT2D eigenvalue weighted by atomic mass is 10.0. The monoisotopic (exact) mass is 284 g/mol. The number of nitrogens with one attached hydrogen (secondary N) is 2. The summed E-state index contributed by atoms with van der Waals surface area (Å²) in [6.07, 6.45) is 2.29. The van der Waals surface area contributed by atoms with Crippen molar-refractivity contribution in [1.29, 1.82) is 0 Å². The van der Waals surface area contributed by atoms with E-state index < -0.39 is 0 Å². The van der Waals surface area contributed by atoms with Gasteiger partial charge in [-0.2, -0.15) is 4.98 Å². The molecule has 0 radical (unpaired) electrons. The minimum atomic E-state index is 0.598. The molecule has 2 aromatic rings. The topological polar surface area (TPSA) is 59.1 Å². The number of hydrogen-bond acceptors (Lipinski definition) is 5. The molecule has 2 heterocycles. The summed E-state index contributed by atoms with van der Waals surface area (Å²) in [6.45, 7) is 5.47. The van der Waals surface area contributed by atoms with Gasteiger partial charge in [0.05, 0.1) is 6.61 Å². The molecule has 1 aromatic carbocycles. The predicted molar refractivity (Wildman–Crippen MR) is 84.5 cm³/mol. The number of fused-ring (bicyclic) bond motifs is 1. The highest BCUT2D eigenvalue weighted by Gasteiger charge is 2.09. The molecule has 3 rings (SSSR count). The molecule has 5 nitrogen and oxygen atoms in total. The number of aryl methyl sites for hydroxylation is 2. The van der Waals surface area contributed by atoms with Crippen LogP contribution >= 0.6 is 0 Å². The molecule has 0 fully saturated rings. The van der Waals surface area contributed by atoms with E-state index in [0.29, 0.717) is 18.3 Å². The van der Waals surface area contributed by atoms with Crippen molar-refractivity contribution in [3.8, 4) is 5.88 Å². The Labute approximate surface area is 124 Å². The van der Waals surface area contributed by atoms with E-state index in [1.807, 2.05) is 19.9 Å². The zero-order valence-corrected chi connectivity index (χ0v) is 12.4. The van der Waals surface area contributed by atoms with Crippen molar-refractivity contribution in [2.24, 2.45) is 0 Å². The summed E-state index contributed by atoms with van der Waals surface area (Å²) >= 11 is 0. The molecule has 2 N–H and O–H groups in total. The Hall–Kier alpha value is -2.30. The Morgan fingerprint density at radius 1 is 1.29 bits per heavy atom. The minimum Gasteiger partial charge on any atom is -0.478 e. The quantitative estimate of drug-likeness (QED) is 0.902. The molecule has 0 aliphatic carbocycles. The molecule has 0 spiro atoms. The van der Waals surface area contributed by atoms with Crippen molar-refractivity contribution in [2.45, 2.75) is 26.7 Å². The lowest BCUT2D eigenvalue weighted by Crippen LogP contribution is -2.11. The Kier molecular flexibility index (Phi) is 3.90. The highest BCUT2D eigenvalue weighted by molar-refractivity contribution is 5.65. The van der Waals surface area contributed by atoms with Gasteiger partial charge in [-0.3, -0.25) is 0 Å². The predicted octanol–water partition coefficient (Wildman–Crippen LogP) is 3.29. The van der Waals surface area contributed by atoms with Gasteiger partial charge in [0.25, 0.3) is 0 Å². The van der Waals surface area contributed by atoms with Crippen molar-refractivity contribution in [3.63, 3.8) is 0 Å². The second kappa shape index (κ2) is 5.99. The van der Waals surface area contributed by atoms with Gasteiger partial charge in [0, 0.05) is 24.0 Å². The first-order chi connectivity index (χ1) is 10.2. The first-order valence-electron chi connectivity index (χ1n) is 7.37. The van der Waals surface area contributed by atoms with Gasteiger partial charge in [-0.25, -0.2) is 4.98 Å². The number of anilines is 3. The van der Waals surface area contributed by atoms with Crippen LogP contribution in [0.1, 0.15) is 24.7 Å². The van der Waals surface area contributed by atoms with Crippen LogP contribution in [-0.2, 0) is 6.42 Å². The van der Waals surface area contributed by atoms with Gasteiger partial charge >= 0.3 is 0 Å². The zero-order valence-electron chi connectivity index (χ0n) is 12.4. The molecule has 0 amide bonds. The summed E-state index contributed by atoms with van der Waals surface area (Å²) in [5.74, 6) is 2.06. The fraction of sp³-hybridized carbons (Fsp3) is 0.375. The zero-order chi connectivity index (χ0) is 14.7. The molecule has 0 saturated heterocycles. The summed E-state index contributed by atoms with van der Waals surface area (Å²) in [5, 5.41) is 6.75. The first-order valence-corrected chi connectivity index (χ1v) is 7.37. The van der Waals surface area contributed by atoms with E-state index in [9.17, 15) is 0 Å². The lowest BCUT2D eigenvalue weighted by Gasteiger charge is -2.19. The Morgan fingerprint density at radius 2 is 2.19 bits per heavy atom. The van der Waals surface area contributed by atoms with Crippen LogP contribution in [0.2, 0.25) is 0 Å². The van der Waals surface area contributed by atoms with Gasteiger partial charge in [-0.1, -0.05) is 0 Å². The Morgan fingerprint density at radius 3 is 3.05 bits per heavy atom. The van der Waals surface area contributed by atoms with Crippen molar-refractivity contribution < 1.29 is 4.74 Å². The number of nitrogens with zero attached hydrogens (tertiary/aromatic N) is 2. The van der Waals surface area contributed by atoms with E-state index in [-0.39, 0.29) is 0 Å². The number of ether oxygens (including phenoxy) is 1. The summed E-state index contributed by atoms with van der Waals surface area (Å²) < 4.78 is 5.45. The van der Waals surface area contributed by atoms with E-state index in [0.717, 1.165) is 24.5 Å². The number of aromatic nitrogens is 2. The third kappa shape index (κ3) is 3.24. The van der Waals surface area contributed by atoms with Crippen LogP contribution in [0, 0.1) is 6.92 Å². The van der Waals surface area contributed by atoms with Crippen LogP contribution in [0.5, 0.6) is 5.88 Å². The van der Waals surface area contributed by atoms with Gasteiger partial charge in [0.15, 0.2) is 0 Å². The van der Waals surface area contributed by atoms with Gasteiger partial charge < -0.3 is 15.4 Å². The molecular weight excluding hydrogens is 264 g/mol. The third-order valence-corrected chi connectivity index (χ3v) is 3.42. The van der Waals surface area contributed by atoms with E-state index >= 15 is 0 Å². The number of hydrogen-bond donors (Lipinski definition) is 2. The fourth-order valence-corrected chi connectivity index (χ4v) is 2.53. The standard InChI is InChI=1S/C16H20N4O/c1-3-21-16-10-15(18-11(2)19-16)20-13-6-7-14-12(9-13)5-4-8-17-14/h6-7,9-10,17H,3-5,8H2,1-2H3,(H,18,19,20). The number of benzene rings is 1. The molecule has 1 aliphatic heterocycles. The lowest BCUT2D eigenvalue weighted by molar-refractivity contribution is 0.325. The van der Waals surface area contributed by atoms with Gasteiger partial charge in [0.2, 0.25) is 5.88 Å².